The number of aromatic carboxylic acids is 1. The van der Waals surface area contributed by atoms with Crippen LogP contribution in [0.2, 0.25) is 0 Å². The second kappa shape index (κ2) is 8.56. The van der Waals surface area contributed by atoms with Gasteiger partial charge in [0.15, 0.2) is 0 Å². The van der Waals surface area contributed by atoms with Crippen molar-refractivity contribution in [3.8, 4) is 5.69 Å². The monoisotopic (exact) mass is 385 g/mol. The molecule has 1 aliphatic rings. The Morgan fingerprint density at radius 1 is 1.32 bits per heavy atom. The van der Waals surface area contributed by atoms with E-state index in [1.807, 2.05) is 31.2 Å². The minimum atomic E-state index is -1.01. The molecule has 2 aromatic rings. The Hall–Kier alpha value is -2.67. The Morgan fingerprint density at radius 2 is 2.07 bits per heavy atom. The van der Waals surface area contributed by atoms with Crippen molar-refractivity contribution in [3.05, 3.63) is 41.7 Å². The standard InChI is InChI=1S/C21H27N3O4/c1-3-28-12-11-21(9-4-5-10-21)20(27)23-16-7-6-8-17(13-16)24-15(2)18(14-22-24)19(25)26/h6-8,13-14H,3-5,9-12H2,1-2H3,(H,23,27)(H,25,26). The molecule has 1 aromatic carbocycles. The number of rotatable bonds is 8. The van der Waals surface area contributed by atoms with E-state index < -0.39 is 5.97 Å². The molecule has 1 saturated carbocycles. The zero-order valence-corrected chi connectivity index (χ0v) is 16.4. The highest BCUT2D eigenvalue weighted by Crippen LogP contribution is 2.42. The molecule has 0 bridgehead atoms. The van der Waals surface area contributed by atoms with Crippen LogP contribution >= 0.6 is 0 Å². The molecule has 28 heavy (non-hydrogen) atoms. The summed E-state index contributed by atoms with van der Waals surface area (Å²) < 4.78 is 7.06. The molecule has 2 N–H and O–H groups in total. The number of hydrogen-bond donors (Lipinski definition) is 2. The molecule has 7 nitrogen and oxygen atoms in total. The fourth-order valence-corrected chi connectivity index (χ4v) is 3.91. The van der Waals surface area contributed by atoms with Gasteiger partial charge in [0.1, 0.15) is 5.56 Å². The normalized spacial score (nSPS) is 15.5. The molecule has 1 fully saturated rings. The first-order chi connectivity index (χ1) is 13.5. The molecule has 0 atom stereocenters. The second-order valence-corrected chi connectivity index (χ2v) is 7.30. The fourth-order valence-electron chi connectivity index (χ4n) is 3.91. The minimum Gasteiger partial charge on any atom is -0.478 e. The number of nitrogens with one attached hydrogen (secondary N) is 1. The highest BCUT2D eigenvalue weighted by molar-refractivity contribution is 5.95. The first-order valence-corrected chi connectivity index (χ1v) is 9.74. The average Bonchev–Trinajstić information content (AvgIpc) is 3.30. The van der Waals surface area contributed by atoms with E-state index in [1.54, 1.807) is 11.6 Å². The largest absolute Gasteiger partial charge is 0.478 e. The minimum absolute atomic E-state index is 0.0327. The van der Waals surface area contributed by atoms with Crippen molar-refractivity contribution in [1.29, 1.82) is 0 Å². The first kappa shape index (κ1) is 20.1. The van der Waals surface area contributed by atoms with E-state index in [2.05, 4.69) is 10.4 Å². The number of carbonyl (C=O) groups excluding carboxylic acids is 1. The van der Waals surface area contributed by atoms with E-state index in [0.717, 1.165) is 32.1 Å². The van der Waals surface area contributed by atoms with Gasteiger partial charge in [0.25, 0.3) is 0 Å². The molecule has 0 unspecified atom stereocenters. The Bertz CT molecular complexity index is 853. The van der Waals surface area contributed by atoms with E-state index in [9.17, 15) is 14.7 Å². The summed E-state index contributed by atoms with van der Waals surface area (Å²) in [5.41, 5.74) is 1.72. The van der Waals surface area contributed by atoms with Gasteiger partial charge in [-0.2, -0.15) is 5.10 Å². The van der Waals surface area contributed by atoms with Crippen LogP contribution in [0.5, 0.6) is 0 Å². The maximum absolute atomic E-state index is 13.1. The van der Waals surface area contributed by atoms with Crippen LogP contribution in [0.3, 0.4) is 0 Å². The van der Waals surface area contributed by atoms with E-state index in [0.29, 0.717) is 30.3 Å². The van der Waals surface area contributed by atoms with Crippen LogP contribution in [0.25, 0.3) is 5.69 Å². The molecule has 1 aliphatic carbocycles. The van der Waals surface area contributed by atoms with Gasteiger partial charge in [0.05, 0.1) is 23.0 Å². The molecule has 1 heterocycles. The number of ether oxygens (including phenoxy) is 1. The number of aromatic nitrogens is 2. The quantitative estimate of drug-likeness (QED) is 0.674. The number of anilines is 1. The van der Waals surface area contributed by atoms with Crippen molar-refractivity contribution in [2.75, 3.05) is 18.5 Å². The van der Waals surface area contributed by atoms with Crippen LogP contribution in [0, 0.1) is 12.3 Å². The number of benzene rings is 1. The Balaban J connectivity index is 1.78. The number of hydrogen-bond acceptors (Lipinski definition) is 4. The van der Waals surface area contributed by atoms with E-state index in [1.165, 1.54) is 6.20 Å². The summed E-state index contributed by atoms with van der Waals surface area (Å²) in [5.74, 6) is -0.976. The molecule has 0 radical (unpaired) electrons. The zero-order chi connectivity index (χ0) is 20.1. The molecule has 0 aliphatic heterocycles. The highest BCUT2D eigenvalue weighted by Gasteiger charge is 2.40. The summed E-state index contributed by atoms with van der Waals surface area (Å²) in [7, 11) is 0. The molecule has 7 heteroatoms. The lowest BCUT2D eigenvalue weighted by Gasteiger charge is -2.27. The van der Waals surface area contributed by atoms with E-state index >= 15 is 0 Å². The molecule has 3 rings (SSSR count). The average molecular weight is 385 g/mol. The number of amides is 1. The smallest absolute Gasteiger partial charge is 0.339 e. The summed E-state index contributed by atoms with van der Waals surface area (Å²) in [5, 5.41) is 16.5. The summed E-state index contributed by atoms with van der Waals surface area (Å²) >= 11 is 0. The molecular formula is C21H27N3O4. The number of carboxylic acid groups (broad SMARTS) is 1. The SMILES string of the molecule is CCOCCC1(C(=O)Nc2cccc(-n3ncc(C(=O)O)c3C)c2)CCCC1. The predicted octanol–water partition coefficient (Wildman–Crippen LogP) is 3.80. The van der Waals surface area contributed by atoms with Crippen LogP contribution in [0.4, 0.5) is 5.69 Å². The van der Waals surface area contributed by atoms with E-state index in [4.69, 9.17) is 4.74 Å². The predicted molar refractivity (Wildman–Crippen MR) is 106 cm³/mol. The summed E-state index contributed by atoms with van der Waals surface area (Å²) in [6, 6.07) is 7.31. The van der Waals surface area contributed by atoms with Gasteiger partial charge in [0, 0.05) is 18.9 Å². The van der Waals surface area contributed by atoms with Gasteiger partial charge < -0.3 is 15.2 Å². The number of nitrogens with zero attached hydrogens (tertiary/aromatic N) is 2. The van der Waals surface area contributed by atoms with Gasteiger partial charge in [-0.25, -0.2) is 9.48 Å². The summed E-state index contributed by atoms with van der Waals surface area (Å²) in [6.07, 6.45) is 5.95. The van der Waals surface area contributed by atoms with Gasteiger partial charge in [-0.15, -0.1) is 0 Å². The Labute approximate surface area is 164 Å². The van der Waals surface area contributed by atoms with Crippen LogP contribution in [0.1, 0.15) is 55.1 Å². The molecule has 0 spiro atoms. The number of carboxylic acids is 1. The molecule has 0 saturated heterocycles. The van der Waals surface area contributed by atoms with Crippen molar-refractivity contribution in [3.63, 3.8) is 0 Å². The Morgan fingerprint density at radius 3 is 2.71 bits per heavy atom. The molecule has 150 valence electrons. The lowest BCUT2D eigenvalue weighted by molar-refractivity contribution is -0.126. The lowest BCUT2D eigenvalue weighted by atomic mass is 9.82. The third kappa shape index (κ3) is 4.09. The van der Waals surface area contributed by atoms with Gasteiger partial charge in [0.2, 0.25) is 5.91 Å². The first-order valence-electron chi connectivity index (χ1n) is 9.74. The fraction of sp³-hybridized carbons (Fsp3) is 0.476. The van der Waals surface area contributed by atoms with Crippen LogP contribution in [0.15, 0.2) is 30.5 Å². The zero-order valence-electron chi connectivity index (χ0n) is 16.4. The summed E-state index contributed by atoms with van der Waals surface area (Å²) in [6.45, 7) is 4.92. The maximum Gasteiger partial charge on any atom is 0.339 e. The van der Waals surface area contributed by atoms with Crippen molar-refractivity contribution < 1.29 is 19.4 Å². The van der Waals surface area contributed by atoms with Crippen molar-refractivity contribution >= 4 is 17.6 Å². The van der Waals surface area contributed by atoms with E-state index in [-0.39, 0.29) is 16.9 Å². The summed E-state index contributed by atoms with van der Waals surface area (Å²) in [4.78, 5) is 24.3. The van der Waals surface area contributed by atoms with Crippen LogP contribution < -0.4 is 5.32 Å². The Kier molecular flexibility index (Phi) is 6.14. The van der Waals surface area contributed by atoms with Crippen LogP contribution in [-0.2, 0) is 9.53 Å². The topological polar surface area (TPSA) is 93.5 Å². The molecular weight excluding hydrogens is 358 g/mol. The highest BCUT2D eigenvalue weighted by atomic mass is 16.5. The van der Waals surface area contributed by atoms with Gasteiger partial charge >= 0.3 is 5.97 Å². The second-order valence-electron chi connectivity index (χ2n) is 7.30. The van der Waals surface area contributed by atoms with Gasteiger partial charge in [-0.1, -0.05) is 18.9 Å². The lowest BCUT2D eigenvalue weighted by Crippen LogP contribution is -2.35. The van der Waals surface area contributed by atoms with Crippen molar-refractivity contribution in [2.45, 2.75) is 46.0 Å². The van der Waals surface area contributed by atoms with Gasteiger partial charge in [-0.3, -0.25) is 4.79 Å². The van der Waals surface area contributed by atoms with Crippen molar-refractivity contribution in [2.24, 2.45) is 5.41 Å². The third-order valence-corrected chi connectivity index (χ3v) is 5.56. The maximum atomic E-state index is 13.1. The van der Waals surface area contributed by atoms with Gasteiger partial charge in [-0.05, 0) is 51.3 Å². The molecule has 1 amide bonds. The van der Waals surface area contributed by atoms with Crippen LogP contribution in [-0.4, -0.2) is 40.0 Å². The molecule has 1 aromatic heterocycles. The van der Waals surface area contributed by atoms with Crippen molar-refractivity contribution in [1.82, 2.24) is 9.78 Å². The number of carbonyl (C=O) groups is 2. The third-order valence-electron chi connectivity index (χ3n) is 5.56.